The van der Waals surface area contributed by atoms with Crippen LogP contribution in [0.25, 0.3) is 0 Å². The summed E-state index contributed by atoms with van der Waals surface area (Å²) >= 11 is 12.1. The lowest BCUT2D eigenvalue weighted by Crippen LogP contribution is -2.45. The first kappa shape index (κ1) is 16.8. The quantitative estimate of drug-likeness (QED) is 0.745. The molecule has 1 aromatic carbocycles. The van der Waals surface area contributed by atoms with E-state index in [0.717, 1.165) is 24.9 Å². The molecule has 0 N–H and O–H groups in total. The summed E-state index contributed by atoms with van der Waals surface area (Å²) in [6.45, 7) is 5.89. The molecule has 124 valence electrons. The van der Waals surface area contributed by atoms with Crippen molar-refractivity contribution in [1.29, 1.82) is 0 Å². The van der Waals surface area contributed by atoms with Crippen molar-refractivity contribution in [2.45, 2.75) is 37.7 Å². The Morgan fingerprint density at radius 2 is 2.04 bits per heavy atom. The van der Waals surface area contributed by atoms with Gasteiger partial charge in [0.15, 0.2) is 0 Å². The Labute approximate surface area is 147 Å². The number of halogens is 2. The van der Waals surface area contributed by atoms with Crippen LogP contribution >= 0.6 is 23.2 Å². The lowest BCUT2D eigenvalue weighted by atomic mass is 9.83. The van der Waals surface area contributed by atoms with E-state index in [1.54, 1.807) is 12.1 Å². The van der Waals surface area contributed by atoms with E-state index < -0.39 is 5.41 Å². The summed E-state index contributed by atoms with van der Waals surface area (Å²) in [6, 6.07) is 5.40. The van der Waals surface area contributed by atoms with E-state index in [-0.39, 0.29) is 11.5 Å². The fourth-order valence-electron chi connectivity index (χ4n) is 3.36. The van der Waals surface area contributed by atoms with E-state index in [0.29, 0.717) is 23.2 Å². The molecule has 1 saturated heterocycles. The molecule has 0 bridgehead atoms. The fourth-order valence-corrected chi connectivity index (χ4v) is 3.65. The highest BCUT2D eigenvalue weighted by atomic mass is 35.5. The van der Waals surface area contributed by atoms with Crippen molar-refractivity contribution in [3.05, 3.63) is 46.0 Å². The highest BCUT2D eigenvalue weighted by Gasteiger charge is 2.44. The Bertz CT molecular complexity index is 656. The third-order valence-electron chi connectivity index (χ3n) is 4.92. The molecule has 0 aromatic heterocycles. The van der Waals surface area contributed by atoms with Gasteiger partial charge in [-0.1, -0.05) is 41.4 Å². The number of benzene rings is 1. The van der Waals surface area contributed by atoms with Gasteiger partial charge in [-0.15, -0.1) is 0 Å². The molecule has 0 radical (unpaired) electrons. The summed E-state index contributed by atoms with van der Waals surface area (Å²) in [4.78, 5) is 15.0. The Morgan fingerprint density at radius 3 is 2.70 bits per heavy atom. The predicted molar refractivity (Wildman–Crippen MR) is 93.1 cm³/mol. The van der Waals surface area contributed by atoms with Crippen LogP contribution in [-0.4, -0.2) is 36.1 Å². The van der Waals surface area contributed by atoms with Crippen LogP contribution < -0.4 is 0 Å². The number of carbonyl (C=O) groups excluding carboxylic acids is 1. The molecule has 1 aromatic rings. The minimum absolute atomic E-state index is 0.103. The molecule has 0 aliphatic carbocycles. The fraction of sp³-hybridized carbons (Fsp3) is 0.500. The summed E-state index contributed by atoms with van der Waals surface area (Å²) in [7, 11) is 0. The number of rotatable bonds is 2. The molecule has 1 spiro atoms. The van der Waals surface area contributed by atoms with E-state index in [4.69, 9.17) is 27.9 Å². The van der Waals surface area contributed by atoms with Crippen molar-refractivity contribution in [3.8, 4) is 0 Å². The topological polar surface area (TPSA) is 29.5 Å². The number of carbonyl (C=O) groups is 1. The average molecular weight is 354 g/mol. The number of amides is 1. The minimum Gasteiger partial charge on any atom is -0.369 e. The van der Waals surface area contributed by atoms with Crippen molar-refractivity contribution in [2.24, 2.45) is 0 Å². The van der Waals surface area contributed by atoms with Crippen LogP contribution in [0.15, 0.2) is 30.4 Å². The Balaban J connectivity index is 1.79. The van der Waals surface area contributed by atoms with Gasteiger partial charge >= 0.3 is 0 Å². The molecular weight excluding hydrogens is 333 g/mol. The second-order valence-electron chi connectivity index (χ2n) is 6.90. The van der Waals surface area contributed by atoms with Gasteiger partial charge in [0.25, 0.3) is 0 Å². The number of nitrogens with zero attached hydrogens (tertiary/aromatic N) is 1. The highest BCUT2D eigenvalue weighted by molar-refractivity contribution is 6.42. The Hall–Kier alpha value is -1.03. The zero-order valence-corrected chi connectivity index (χ0v) is 15.0. The first-order valence-electron chi connectivity index (χ1n) is 7.88. The van der Waals surface area contributed by atoms with Crippen LogP contribution in [0.5, 0.6) is 0 Å². The standard InChI is InChI=1S/C18H21Cl2NO2/c1-17(2,13-5-6-14(19)15(20)11-13)16(22)21-9-8-18(12-21)7-3-4-10-23-18/h3-6,11H,7-10,12H2,1-2H3. The predicted octanol–water partition coefficient (Wildman–Crippen LogP) is 4.22. The molecule has 1 atom stereocenters. The van der Waals surface area contributed by atoms with Gasteiger partial charge < -0.3 is 9.64 Å². The molecule has 1 amide bonds. The van der Waals surface area contributed by atoms with Crippen molar-refractivity contribution >= 4 is 29.1 Å². The summed E-state index contributed by atoms with van der Waals surface area (Å²) in [5.41, 5.74) is 0.0323. The third-order valence-corrected chi connectivity index (χ3v) is 5.66. The van der Waals surface area contributed by atoms with Crippen LogP contribution in [0.1, 0.15) is 32.3 Å². The van der Waals surface area contributed by atoms with Crippen molar-refractivity contribution in [2.75, 3.05) is 19.7 Å². The highest BCUT2D eigenvalue weighted by Crippen LogP contribution is 2.36. The van der Waals surface area contributed by atoms with Gasteiger partial charge in [0.1, 0.15) is 0 Å². The number of hydrogen-bond acceptors (Lipinski definition) is 2. The largest absolute Gasteiger partial charge is 0.369 e. The lowest BCUT2D eigenvalue weighted by Gasteiger charge is -2.33. The van der Waals surface area contributed by atoms with Crippen LogP contribution in [0.4, 0.5) is 0 Å². The molecule has 0 saturated carbocycles. The smallest absolute Gasteiger partial charge is 0.232 e. The van der Waals surface area contributed by atoms with E-state index in [1.165, 1.54) is 0 Å². The second-order valence-corrected chi connectivity index (χ2v) is 7.71. The first-order chi connectivity index (χ1) is 10.8. The maximum Gasteiger partial charge on any atom is 0.232 e. The number of ether oxygens (including phenoxy) is 1. The van der Waals surface area contributed by atoms with Crippen molar-refractivity contribution < 1.29 is 9.53 Å². The Morgan fingerprint density at radius 1 is 1.26 bits per heavy atom. The van der Waals surface area contributed by atoms with Crippen LogP contribution in [0, 0.1) is 0 Å². The van der Waals surface area contributed by atoms with Gasteiger partial charge in [-0.3, -0.25) is 4.79 Å². The Kier molecular flexibility index (Phi) is 4.47. The van der Waals surface area contributed by atoms with Crippen LogP contribution in [-0.2, 0) is 14.9 Å². The molecule has 2 aliphatic heterocycles. The zero-order chi connectivity index (χ0) is 16.7. The third kappa shape index (κ3) is 3.15. The molecule has 2 aliphatic rings. The van der Waals surface area contributed by atoms with Crippen LogP contribution in [0.2, 0.25) is 10.0 Å². The first-order valence-corrected chi connectivity index (χ1v) is 8.64. The summed E-state index contributed by atoms with van der Waals surface area (Å²) in [5.74, 6) is 0.103. The summed E-state index contributed by atoms with van der Waals surface area (Å²) in [5, 5.41) is 0.977. The SMILES string of the molecule is CC(C)(C(=O)N1CCC2(CC=CCO2)C1)c1ccc(Cl)c(Cl)c1. The van der Waals surface area contributed by atoms with Gasteiger partial charge in [0.2, 0.25) is 5.91 Å². The average Bonchev–Trinajstić information content (AvgIpc) is 2.93. The van der Waals surface area contributed by atoms with Gasteiger partial charge in [-0.05, 0) is 44.4 Å². The van der Waals surface area contributed by atoms with E-state index in [1.807, 2.05) is 30.9 Å². The monoisotopic (exact) mass is 353 g/mol. The zero-order valence-electron chi connectivity index (χ0n) is 13.4. The molecule has 5 heteroatoms. The van der Waals surface area contributed by atoms with Gasteiger partial charge in [0.05, 0.1) is 34.2 Å². The lowest BCUT2D eigenvalue weighted by molar-refractivity contribution is -0.136. The minimum atomic E-state index is -0.649. The molecule has 1 fully saturated rings. The maximum absolute atomic E-state index is 13.1. The van der Waals surface area contributed by atoms with Crippen LogP contribution in [0.3, 0.4) is 0 Å². The molecule has 23 heavy (non-hydrogen) atoms. The number of likely N-dealkylation sites (tertiary alicyclic amines) is 1. The van der Waals surface area contributed by atoms with Crippen molar-refractivity contribution in [1.82, 2.24) is 4.90 Å². The molecule has 1 unspecified atom stereocenters. The van der Waals surface area contributed by atoms with Gasteiger partial charge in [-0.25, -0.2) is 0 Å². The van der Waals surface area contributed by atoms with Gasteiger partial charge in [0, 0.05) is 6.54 Å². The molecular formula is C18H21Cl2NO2. The summed E-state index contributed by atoms with van der Waals surface area (Å²) in [6.07, 6.45) is 5.96. The normalized spacial score (nSPS) is 24.4. The maximum atomic E-state index is 13.1. The molecule has 2 heterocycles. The van der Waals surface area contributed by atoms with E-state index in [9.17, 15) is 4.79 Å². The number of hydrogen-bond donors (Lipinski definition) is 0. The van der Waals surface area contributed by atoms with E-state index in [2.05, 4.69) is 6.08 Å². The summed E-state index contributed by atoms with van der Waals surface area (Å²) < 4.78 is 5.94. The second kappa shape index (κ2) is 6.12. The molecule has 3 nitrogen and oxygen atoms in total. The van der Waals surface area contributed by atoms with Crippen molar-refractivity contribution in [3.63, 3.8) is 0 Å². The van der Waals surface area contributed by atoms with E-state index >= 15 is 0 Å². The van der Waals surface area contributed by atoms with Gasteiger partial charge in [-0.2, -0.15) is 0 Å². The molecule has 3 rings (SSSR count).